The first-order valence-corrected chi connectivity index (χ1v) is 8.89. The molecular formula is C14H20ClNO3S. The Hall–Kier alpha value is -1.07. The third kappa shape index (κ3) is 3.96. The van der Waals surface area contributed by atoms with Crippen LogP contribution in [0.1, 0.15) is 43.1 Å². The van der Waals surface area contributed by atoms with Gasteiger partial charge < -0.3 is 4.90 Å². The highest BCUT2D eigenvalue weighted by Gasteiger charge is 2.21. The van der Waals surface area contributed by atoms with Gasteiger partial charge >= 0.3 is 0 Å². The number of nitrogens with zero attached hydrogens (tertiary/aromatic N) is 1. The molecule has 0 aliphatic rings. The minimum Gasteiger partial charge on any atom is -0.336 e. The van der Waals surface area contributed by atoms with Crippen molar-refractivity contribution in [2.24, 2.45) is 0 Å². The molecular weight excluding hydrogens is 298 g/mol. The van der Waals surface area contributed by atoms with Gasteiger partial charge in [-0.05, 0) is 51.0 Å². The molecule has 1 rings (SSSR count). The highest BCUT2D eigenvalue weighted by Crippen LogP contribution is 2.20. The molecule has 0 saturated carbocycles. The van der Waals surface area contributed by atoms with Crippen LogP contribution < -0.4 is 0 Å². The molecule has 0 saturated heterocycles. The summed E-state index contributed by atoms with van der Waals surface area (Å²) in [6, 6.07) is 4.57. The highest BCUT2D eigenvalue weighted by molar-refractivity contribution is 8.13. The van der Waals surface area contributed by atoms with Gasteiger partial charge in [-0.15, -0.1) is 0 Å². The van der Waals surface area contributed by atoms with Crippen LogP contribution in [0.4, 0.5) is 0 Å². The molecule has 1 atom stereocenters. The zero-order valence-corrected chi connectivity index (χ0v) is 13.8. The molecule has 1 aromatic carbocycles. The molecule has 0 heterocycles. The van der Waals surface area contributed by atoms with Crippen molar-refractivity contribution < 1.29 is 13.2 Å². The molecule has 0 aliphatic heterocycles. The third-order valence-electron chi connectivity index (χ3n) is 3.30. The van der Waals surface area contributed by atoms with Crippen LogP contribution >= 0.6 is 10.7 Å². The van der Waals surface area contributed by atoms with Crippen LogP contribution in [0.3, 0.4) is 0 Å². The summed E-state index contributed by atoms with van der Waals surface area (Å²) in [5.41, 5.74) is 1.04. The number of hydrogen-bond donors (Lipinski definition) is 0. The number of benzene rings is 1. The van der Waals surface area contributed by atoms with Crippen LogP contribution in [-0.2, 0) is 9.05 Å². The van der Waals surface area contributed by atoms with E-state index in [2.05, 4.69) is 0 Å². The van der Waals surface area contributed by atoms with Gasteiger partial charge in [0, 0.05) is 28.8 Å². The molecule has 1 amide bonds. The maximum atomic E-state index is 12.5. The quantitative estimate of drug-likeness (QED) is 0.784. The summed E-state index contributed by atoms with van der Waals surface area (Å²) >= 11 is 0. The van der Waals surface area contributed by atoms with Gasteiger partial charge in [0.15, 0.2) is 0 Å². The predicted molar refractivity (Wildman–Crippen MR) is 80.7 cm³/mol. The van der Waals surface area contributed by atoms with Crippen LogP contribution in [0.5, 0.6) is 0 Å². The molecule has 6 heteroatoms. The first kappa shape index (κ1) is 17.0. The summed E-state index contributed by atoms with van der Waals surface area (Å²) in [5, 5.41) is 0. The van der Waals surface area contributed by atoms with Crippen molar-refractivity contribution in [3.05, 3.63) is 29.3 Å². The number of amides is 1. The summed E-state index contributed by atoms with van der Waals surface area (Å²) in [5.74, 6) is -0.174. The molecule has 1 unspecified atom stereocenters. The first-order chi connectivity index (χ1) is 9.20. The second-order valence-electron chi connectivity index (χ2n) is 4.82. The minimum absolute atomic E-state index is 0.0391. The Labute approximate surface area is 125 Å². The Morgan fingerprint density at radius 1 is 1.30 bits per heavy atom. The smallest absolute Gasteiger partial charge is 0.261 e. The van der Waals surface area contributed by atoms with Gasteiger partial charge in [0.1, 0.15) is 0 Å². The van der Waals surface area contributed by atoms with E-state index in [1.165, 1.54) is 12.1 Å². The maximum Gasteiger partial charge on any atom is 0.261 e. The number of carbonyl (C=O) groups is 1. The molecule has 112 valence electrons. The molecule has 20 heavy (non-hydrogen) atoms. The van der Waals surface area contributed by atoms with Gasteiger partial charge in [-0.2, -0.15) is 0 Å². The average molecular weight is 318 g/mol. The van der Waals surface area contributed by atoms with E-state index in [1.807, 2.05) is 20.8 Å². The average Bonchev–Trinajstić information content (AvgIpc) is 2.37. The lowest BCUT2D eigenvalue weighted by Crippen LogP contribution is -2.38. The Balaban J connectivity index is 3.26. The lowest BCUT2D eigenvalue weighted by atomic mass is 10.1. The summed E-state index contributed by atoms with van der Waals surface area (Å²) in [6.07, 6.45) is 0.839. The normalized spacial score (nSPS) is 13.1. The fraction of sp³-hybridized carbons (Fsp3) is 0.500. The van der Waals surface area contributed by atoms with Crippen LogP contribution in [0.25, 0.3) is 0 Å². The van der Waals surface area contributed by atoms with Gasteiger partial charge in [0.2, 0.25) is 0 Å². The molecule has 0 spiro atoms. The van der Waals surface area contributed by atoms with E-state index >= 15 is 0 Å². The fourth-order valence-electron chi connectivity index (χ4n) is 2.05. The second-order valence-corrected chi connectivity index (χ2v) is 7.39. The monoisotopic (exact) mass is 317 g/mol. The zero-order valence-electron chi connectivity index (χ0n) is 12.2. The van der Waals surface area contributed by atoms with E-state index in [0.29, 0.717) is 17.7 Å². The standard InChI is InChI=1S/C14H20ClNO3S/c1-5-11(4)16(6-2)14(17)12-7-10(3)8-13(9-12)20(15,18)19/h7-9,11H,5-6H2,1-4H3. The van der Waals surface area contributed by atoms with Gasteiger partial charge in [-0.25, -0.2) is 8.42 Å². The van der Waals surface area contributed by atoms with E-state index in [-0.39, 0.29) is 16.8 Å². The van der Waals surface area contributed by atoms with E-state index < -0.39 is 9.05 Å². The lowest BCUT2D eigenvalue weighted by Gasteiger charge is -2.27. The van der Waals surface area contributed by atoms with E-state index in [9.17, 15) is 13.2 Å². The topological polar surface area (TPSA) is 54.5 Å². The fourth-order valence-corrected chi connectivity index (χ4v) is 2.92. The second kappa shape index (κ2) is 6.59. The van der Waals surface area contributed by atoms with Crippen LogP contribution in [0.15, 0.2) is 23.1 Å². The highest BCUT2D eigenvalue weighted by atomic mass is 35.7. The van der Waals surface area contributed by atoms with Crippen molar-refractivity contribution in [2.45, 2.75) is 45.1 Å². The molecule has 0 fully saturated rings. The molecule has 0 aliphatic carbocycles. The molecule has 0 bridgehead atoms. The summed E-state index contributed by atoms with van der Waals surface area (Å²) < 4.78 is 22.9. The Morgan fingerprint density at radius 2 is 1.90 bits per heavy atom. The van der Waals surface area contributed by atoms with E-state index in [0.717, 1.165) is 6.42 Å². The van der Waals surface area contributed by atoms with Crippen molar-refractivity contribution in [1.29, 1.82) is 0 Å². The van der Waals surface area contributed by atoms with Crippen molar-refractivity contribution in [3.8, 4) is 0 Å². The number of carbonyl (C=O) groups excluding carboxylic acids is 1. The van der Waals surface area contributed by atoms with Gasteiger partial charge in [-0.1, -0.05) is 6.92 Å². The molecule has 1 aromatic rings. The van der Waals surface area contributed by atoms with Crippen LogP contribution in [0.2, 0.25) is 0 Å². The number of aryl methyl sites for hydroxylation is 1. The predicted octanol–water partition coefficient (Wildman–Crippen LogP) is 3.18. The lowest BCUT2D eigenvalue weighted by molar-refractivity contribution is 0.0699. The van der Waals surface area contributed by atoms with Crippen molar-refractivity contribution in [2.75, 3.05) is 6.54 Å². The minimum atomic E-state index is -3.84. The molecule has 4 nitrogen and oxygen atoms in total. The van der Waals surface area contributed by atoms with Crippen molar-refractivity contribution in [3.63, 3.8) is 0 Å². The number of hydrogen-bond acceptors (Lipinski definition) is 3. The first-order valence-electron chi connectivity index (χ1n) is 6.58. The SMILES string of the molecule is CCC(C)N(CC)C(=O)c1cc(C)cc(S(=O)(=O)Cl)c1. The largest absolute Gasteiger partial charge is 0.336 e. The van der Waals surface area contributed by atoms with Crippen molar-refractivity contribution in [1.82, 2.24) is 4.90 Å². The summed E-state index contributed by atoms with van der Waals surface area (Å²) in [7, 11) is 1.52. The number of rotatable bonds is 5. The summed E-state index contributed by atoms with van der Waals surface area (Å²) in [4.78, 5) is 14.2. The molecule has 0 aromatic heterocycles. The zero-order chi connectivity index (χ0) is 15.5. The maximum absolute atomic E-state index is 12.5. The third-order valence-corrected chi connectivity index (χ3v) is 4.64. The Morgan fingerprint density at radius 3 is 2.35 bits per heavy atom. The number of halogens is 1. The van der Waals surface area contributed by atoms with Crippen molar-refractivity contribution >= 4 is 25.6 Å². The van der Waals surface area contributed by atoms with Gasteiger partial charge in [0.05, 0.1) is 4.90 Å². The molecule has 0 radical (unpaired) electrons. The molecule has 0 N–H and O–H groups in total. The Bertz CT molecular complexity index is 598. The van der Waals surface area contributed by atoms with Crippen LogP contribution in [-0.4, -0.2) is 31.8 Å². The van der Waals surface area contributed by atoms with Gasteiger partial charge in [0.25, 0.3) is 15.0 Å². The van der Waals surface area contributed by atoms with E-state index in [4.69, 9.17) is 10.7 Å². The Kier molecular flexibility index (Phi) is 5.59. The van der Waals surface area contributed by atoms with E-state index in [1.54, 1.807) is 17.9 Å². The van der Waals surface area contributed by atoms with Crippen LogP contribution in [0, 0.1) is 6.92 Å². The van der Waals surface area contributed by atoms with Gasteiger partial charge in [-0.3, -0.25) is 4.79 Å². The summed E-state index contributed by atoms with van der Waals surface area (Å²) in [6.45, 7) is 8.19.